The molecule has 0 fully saturated rings. The van der Waals surface area contributed by atoms with Crippen LogP contribution in [-0.4, -0.2) is 25.5 Å². The number of nitrogens with one attached hydrogen (secondary N) is 2. The van der Waals surface area contributed by atoms with Gasteiger partial charge in [-0.3, -0.25) is 4.79 Å². The molecule has 138 valence electrons. The Hall–Kier alpha value is -2.76. The number of ether oxygens (including phenoxy) is 1. The second kappa shape index (κ2) is 8.29. The van der Waals surface area contributed by atoms with Gasteiger partial charge in [-0.15, -0.1) is 0 Å². The molecule has 0 aliphatic carbocycles. The highest BCUT2D eigenvalue weighted by atomic mass is 35.5. The van der Waals surface area contributed by atoms with E-state index in [1.807, 2.05) is 18.2 Å². The maximum absolute atomic E-state index is 12.2. The van der Waals surface area contributed by atoms with Gasteiger partial charge < -0.3 is 15.4 Å². The first-order valence-corrected chi connectivity index (χ1v) is 8.83. The van der Waals surface area contributed by atoms with Gasteiger partial charge in [0.05, 0.1) is 24.2 Å². The third-order valence-electron chi connectivity index (χ3n) is 3.88. The molecule has 5 nitrogen and oxygen atoms in total. The summed E-state index contributed by atoms with van der Waals surface area (Å²) in [6, 6.07) is 15.7. The number of amides is 1. The summed E-state index contributed by atoms with van der Waals surface area (Å²) in [5.41, 5.74) is 1.56. The largest absolute Gasteiger partial charge is 0.465 e. The lowest BCUT2D eigenvalue weighted by atomic mass is 10.0. The van der Waals surface area contributed by atoms with Crippen molar-refractivity contribution >= 4 is 57.2 Å². The topological polar surface area (TPSA) is 67.4 Å². The van der Waals surface area contributed by atoms with Gasteiger partial charge in [0.2, 0.25) is 5.91 Å². The van der Waals surface area contributed by atoms with Crippen molar-refractivity contribution in [1.29, 1.82) is 0 Å². The number of hydrogen-bond acceptors (Lipinski definition) is 4. The average molecular weight is 403 g/mol. The van der Waals surface area contributed by atoms with Gasteiger partial charge in [-0.25, -0.2) is 4.79 Å². The fourth-order valence-corrected chi connectivity index (χ4v) is 3.32. The SMILES string of the molecule is COC(=O)c1cc(NCC(=O)Nc2ccccc2)c2c(Cl)cc(Cl)cc2c1. The third-order valence-corrected chi connectivity index (χ3v) is 4.40. The second-order valence-electron chi connectivity index (χ2n) is 5.77. The van der Waals surface area contributed by atoms with E-state index in [0.29, 0.717) is 37.8 Å². The summed E-state index contributed by atoms with van der Waals surface area (Å²) in [6.07, 6.45) is 0. The number of halogens is 2. The number of esters is 1. The first-order valence-electron chi connectivity index (χ1n) is 8.08. The molecule has 27 heavy (non-hydrogen) atoms. The Morgan fingerprint density at radius 2 is 1.78 bits per heavy atom. The molecule has 0 unspecified atom stereocenters. The number of carbonyl (C=O) groups excluding carboxylic acids is 2. The fraction of sp³-hybridized carbons (Fsp3) is 0.100. The number of para-hydroxylation sites is 1. The Balaban J connectivity index is 1.90. The van der Waals surface area contributed by atoms with Crippen LogP contribution in [0.2, 0.25) is 10.0 Å². The average Bonchev–Trinajstić information content (AvgIpc) is 2.65. The van der Waals surface area contributed by atoms with Crippen molar-refractivity contribution in [2.24, 2.45) is 0 Å². The van der Waals surface area contributed by atoms with Crippen LogP contribution >= 0.6 is 23.2 Å². The molecule has 3 rings (SSSR count). The first kappa shape index (κ1) is 19.0. The summed E-state index contributed by atoms with van der Waals surface area (Å²) >= 11 is 12.4. The summed E-state index contributed by atoms with van der Waals surface area (Å²) in [4.78, 5) is 24.2. The van der Waals surface area contributed by atoms with Gasteiger partial charge in [-0.1, -0.05) is 41.4 Å². The predicted molar refractivity (Wildman–Crippen MR) is 109 cm³/mol. The third kappa shape index (κ3) is 4.51. The Kier molecular flexibility index (Phi) is 5.84. The van der Waals surface area contributed by atoms with E-state index in [0.717, 1.165) is 0 Å². The maximum Gasteiger partial charge on any atom is 0.337 e. The molecule has 0 heterocycles. The summed E-state index contributed by atoms with van der Waals surface area (Å²) in [6.45, 7) is -0.00637. The highest BCUT2D eigenvalue weighted by molar-refractivity contribution is 6.39. The van der Waals surface area contributed by atoms with E-state index >= 15 is 0 Å². The Bertz CT molecular complexity index is 1010. The van der Waals surface area contributed by atoms with E-state index in [1.54, 1.807) is 36.4 Å². The minimum absolute atomic E-state index is 0.00637. The number of fused-ring (bicyclic) bond motifs is 1. The molecule has 2 N–H and O–H groups in total. The van der Waals surface area contributed by atoms with E-state index < -0.39 is 5.97 Å². The van der Waals surface area contributed by atoms with Crippen molar-refractivity contribution in [3.8, 4) is 0 Å². The van der Waals surface area contributed by atoms with Gasteiger partial charge in [0.15, 0.2) is 0 Å². The molecule has 0 radical (unpaired) electrons. The van der Waals surface area contributed by atoms with E-state index in [9.17, 15) is 9.59 Å². The summed E-state index contributed by atoms with van der Waals surface area (Å²) < 4.78 is 4.79. The zero-order valence-electron chi connectivity index (χ0n) is 14.4. The zero-order valence-corrected chi connectivity index (χ0v) is 15.9. The maximum atomic E-state index is 12.2. The molecule has 0 bridgehead atoms. The number of anilines is 2. The van der Waals surface area contributed by atoms with Crippen molar-refractivity contribution < 1.29 is 14.3 Å². The van der Waals surface area contributed by atoms with E-state index in [4.69, 9.17) is 27.9 Å². The number of methoxy groups -OCH3 is 1. The predicted octanol–water partition coefficient (Wildman–Crippen LogP) is 4.98. The van der Waals surface area contributed by atoms with Crippen LogP contribution in [-0.2, 0) is 9.53 Å². The van der Waals surface area contributed by atoms with E-state index in [2.05, 4.69) is 10.6 Å². The molecule has 7 heteroatoms. The van der Waals surface area contributed by atoms with Gasteiger partial charge in [-0.2, -0.15) is 0 Å². The summed E-state index contributed by atoms with van der Waals surface area (Å²) in [5, 5.41) is 8.02. The number of hydrogen-bond donors (Lipinski definition) is 2. The van der Waals surface area contributed by atoms with Crippen LogP contribution in [0.25, 0.3) is 10.8 Å². The molecule has 0 saturated carbocycles. The molecular weight excluding hydrogens is 387 g/mol. The smallest absolute Gasteiger partial charge is 0.337 e. The van der Waals surface area contributed by atoms with Crippen molar-refractivity contribution in [3.05, 3.63) is 70.2 Å². The molecule has 1 amide bonds. The molecule has 0 atom stereocenters. The molecule has 0 aromatic heterocycles. The number of benzene rings is 3. The van der Waals surface area contributed by atoms with Crippen molar-refractivity contribution in [1.82, 2.24) is 0 Å². The summed E-state index contributed by atoms with van der Waals surface area (Å²) in [5.74, 6) is -0.729. The standard InChI is InChI=1S/C20H16Cl2N2O3/c1-27-20(26)13-7-12-8-14(21)10-16(22)19(12)17(9-13)23-11-18(25)24-15-5-3-2-4-6-15/h2-10,23H,11H2,1H3,(H,24,25). The molecule has 0 spiro atoms. The van der Waals surface area contributed by atoms with Crippen LogP contribution in [0.15, 0.2) is 54.6 Å². The van der Waals surface area contributed by atoms with Gasteiger partial charge in [-0.05, 0) is 41.8 Å². The molecule has 3 aromatic carbocycles. The van der Waals surface area contributed by atoms with Crippen LogP contribution in [0.1, 0.15) is 10.4 Å². The number of rotatable bonds is 5. The number of carbonyl (C=O) groups is 2. The van der Waals surface area contributed by atoms with E-state index in [1.165, 1.54) is 7.11 Å². The van der Waals surface area contributed by atoms with Gasteiger partial charge >= 0.3 is 5.97 Å². The molecule has 0 saturated heterocycles. The van der Waals surface area contributed by atoms with Crippen LogP contribution in [0.5, 0.6) is 0 Å². The van der Waals surface area contributed by atoms with Crippen LogP contribution in [0.3, 0.4) is 0 Å². The van der Waals surface area contributed by atoms with Crippen molar-refractivity contribution in [3.63, 3.8) is 0 Å². The molecule has 0 aliphatic heterocycles. The van der Waals surface area contributed by atoms with Crippen LogP contribution < -0.4 is 10.6 Å². The minimum atomic E-state index is -0.496. The highest BCUT2D eigenvalue weighted by Crippen LogP contribution is 2.34. The van der Waals surface area contributed by atoms with Gasteiger partial charge in [0, 0.05) is 21.8 Å². The Labute approximate surface area is 166 Å². The lowest BCUT2D eigenvalue weighted by molar-refractivity contribution is -0.114. The molecular formula is C20H16Cl2N2O3. The van der Waals surface area contributed by atoms with Crippen molar-refractivity contribution in [2.45, 2.75) is 0 Å². The quantitative estimate of drug-likeness (QED) is 0.590. The first-order chi connectivity index (χ1) is 13.0. The highest BCUT2D eigenvalue weighted by Gasteiger charge is 2.14. The van der Waals surface area contributed by atoms with E-state index in [-0.39, 0.29) is 12.5 Å². The van der Waals surface area contributed by atoms with Gasteiger partial charge in [0.1, 0.15) is 0 Å². The normalized spacial score (nSPS) is 10.5. The minimum Gasteiger partial charge on any atom is -0.465 e. The molecule has 3 aromatic rings. The second-order valence-corrected chi connectivity index (χ2v) is 6.61. The molecule has 0 aliphatic rings. The lowest BCUT2D eigenvalue weighted by Crippen LogP contribution is -2.22. The van der Waals surface area contributed by atoms with Gasteiger partial charge in [0.25, 0.3) is 0 Å². The Morgan fingerprint density at radius 1 is 1.04 bits per heavy atom. The van der Waals surface area contributed by atoms with Crippen molar-refractivity contribution in [2.75, 3.05) is 24.3 Å². The van der Waals surface area contributed by atoms with Crippen LogP contribution in [0.4, 0.5) is 11.4 Å². The lowest BCUT2D eigenvalue weighted by Gasteiger charge is -2.14. The van der Waals surface area contributed by atoms with Crippen LogP contribution in [0, 0.1) is 0 Å². The fourth-order valence-electron chi connectivity index (χ4n) is 2.71. The Morgan fingerprint density at radius 3 is 2.48 bits per heavy atom. The summed E-state index contributed by atoms with van der Waals surface area (Å²) in [7, 11) is 1.30. The zero-order chi connectivity index (χ0) is 19.4. The monoisotopic (exact) mass is 402 g/mol.